The molecular weight excluding hydrogens is 540 g/mol. The molecule has 0 saturated carbocycles. The number of nitrogens with zero attached hydrogens (tertiary/aromatic N) is 3. The van der Waals surface area contributed by atoms with Gasteiger partial charge in [-0.2, -0.15) is 5.10 Å². The molecular formula is C30H42N6O4S. The molecule has 1 saturated heterocycles. The second kappa shape index (κ2) is 14.5. The Bertz CT molecular complexity index is 1280. The minimum atomic E-state index is -2.95. The molecule has 6 N–H and O–H groups in total. The maximum absolute atomic E-state index is 13.6. The van der Waals surface area contributed by atoms with E-state index >= 15 is 0 Å². The van der Waals surface area contributed by atoms with Gasteiger partial charge in [-0.05, 0) is 49.9 Å². The first-order valence-corrected chi connectivity index (χ1v) is 15.7. The lowest BCUT2D eigenvalue weighted by Gasteiger charge is -2.47. The number of allylic oxidation sites excluding steroid dienone is 1. The average molecular weight is 583 g/mol. The number of nitrogens with one attached hydrogen (secondary N) is 3. The maximum Gasteiger partial charge on any atom is 0.251 e. The Labute approximate surface area is 243 Å². The molecule has 10 nitrogen and oxygen atoms in total. The Kier molecular flexibility index (Phi) is 10.8. The van der Waals surface area contributed by atoms with Crippen LogP contribution >= 0.6 is 10.8 Å². The van der Waals surface area contributed by atoms with Gasteiger partial charge in [0.2, 0.25) is 0 Å². The maximum atomic E-state index is 13.6. The van der Waals surface area contributed by atoms with Crippen molar-refractivity contribution in [3.05, 3.63) is 90.3 Å². The van der Waals surface area contributed by atoms with Crippen LogP contribution in [0.15, 0.2) is 73.6 Å². The first kappa shape index (κ1) is 30.6. The Morgan fingerprint density at radius 3 is 2.71 bits per heavy atom. The predicted molar refractivity (Wildman–Crippen MR) is 166 cm³/mol. The first-order valence-electron chi connectivity index (χ1n) is 14.1. The highest BCUT2D eigenvalue weighted by Gasteiger charge is 2.28. The number of benzene rings is 2. The second-order valence-corrected chi connectivity index (χ2v) is 12.4. The van der Waals surface area contributed by atoms with Gasteiger partial charge in [-0.1, -0.05) is 36.4 Å². The van der Waals surface area contributed by atoms with Crippen molar-refractivity contribution in [2.45, 2.75) is 51.4 Å². The summed E-state index contributed by atoms with van der Waals surface area (Å²) in [5, 5.41) is 25.1. The summed E-state index contributed by atoms with van der Waals surface area (Å²) in [6.45, 7) is 8.26. The van der Waals surface area contributed by atoms with E-state index in [0.29, 0.717) is 49.6 Å². The van der Waals surface area contributed by atoms with Crippen LogP contribution in [0.3, 0.4) is 0 Å². The number of aliphatic hydroxyl groups excluding tert-OH is 1. The smallest absolute Gasteiger partial charge is 0.251 e. The van der Waals surface area contributed by atoms with Crippen molar-refractivity contribution in [3.63, 3.8) is 0 Å². The predicted octanol–water partition coefficient (Wildman–Crippen LogP) is 4.26. The number of aliphatic hydroxyl groups is 1. The molecule has 2 aromatic carbocycles. The van der Waals surface area contributed by atoms with Crippen molar-refractivity contribution in [1.29, 1.82) is 0 Å². The fraction of sp³-hybridized carbons (Fsp3) is 0.400. The van der Waals surface area contributed by atoms with Gasteiger partial charge in [-0.15, -0.1) is 17.4 Å². The molecule has 222 valence electrons. The van der Waals surface area contributed by atoms with Gasteiger partial charge in [0.05, 0.1) is 36.3 Å². The van der Waals surface area contributed by atoms with E-state index in [-0.39, 0.29) is 12.5 Å². The first-order chi connectivity index (χ1) is 19.8. The fourth-order valence-electron chi connectivity index (χ4n) is 4.94. The minimum Gasteiger partial charge on any atom is -0.390 e. The van der Waals surface area contributed by atoms with Gasteiger partial charge in [0.15, 0.2) is 0 Å². The number of amides is 1. The van der Waals surface area contributed by atoms with Gasteiger partial charge in [0.1, 0.15) is 0 Å². The van der Waals surface area contributed by atoms with E-state index in [4.69, 9.17) is 0 Å². The number of carbonyl (C=O) groups is 1. The highest BCUT2D eigenvalue weighted by atomic mass is 32.3. The van der Waals surface area contributed by atoms with Crippen LogP contribution in [0.5, 0.6) is 0 Å². The van der Waals surface area contributed by atoms with Crippen molar-refractivity contribution in [1.82, 2.24) is 20.4 Å². The standard InChI is InChI=1S/C30H42N6O4S/c1-3-12-35-22-24(20-33-35)19-31-21-29(37)28(15-23-10-6-5-7-11-23)34-30(38)25-16-26(32-4-2)18-27(17-25)36-13-8-9-14-41(36,39)40/h3,5-7,10-11,16-18,20,22,28-29,31-32,37,39-40H,1,4,8-9,12-15,19,21H2,2H3,(H,34,38)/t28-,29-/m0/s1. The van der Waals surface area contributed by atoms with Crippen LogP contribution in [0, 0.1) is 0 Å². The number of aromatic nitrogens is 2. The van der Waals surface area contributed by atoms with Crippen LogP contribution in [0.1, 0.15) is 41.3 Å². The van der Waals surface area contributed by atoms with Crippen molar-refractivity contribution < 1.29 is 19.0 Å². The molecule has 1 aliphatic rings. The van der Waals surface area contributed by atoms with Gasteiger partial charge < -0.3 is 21.1 Å². The van der Waals surface area contributed by atoms with Crippen molar-refractivity contribution in [2.75, 3.05) is 35.0 Å². The Morgan fingerprint density at radius 1 is 1.17 bits per heavy atom. The molecule has 1 fully saturated rings. The van der Waals surface area contributed by atoms with Gasteiger partial charge in [0, 0.05) is 49.2 Å². The van der Waals surface area contributed by atoms with Crippen LogP contribution < -0.4 is 20.3 Å². The van der Waals surface area contributed by atoms with E-state index in [1.54, 1.807) is 33.4 Å². The molecule has 41 heavy (non-hydrogen) atoms. The summed E-state index contributed by atoms with van der Waals surface area (Å²) in [6.07, 6.45) is 6.65. The minimum absolute atomic E-state index is 0.266. The Hall–Kier alpha value is -3.35. The number of hydrogen-bond acceptors (Lipinski definition) is 8. The van der Waals surface area contributed by atoms with Gasteiger partial charge in [-0.3, -0.25) is 22.9 Å². The monoisotopic (exact) mass is 582 g/mol. The van der Waals surface area contributed by atoms with E-state index in [9.17, 15) is 19.0 Å². The van der Waals surface area contributed by atoms with Crippen LogP contribution in [-0.2, 0) is 19.5 Å². The van der Waals surface area contributed by atoms with E-state index in [1.165, 1.54) is 0 Å². The number of anilines is 2. The lowest BCUT2D eigenvalue weighted by Crippen LogP contribution is -2.48. The normalized spacial score (nSPS) is 16.9. The third kappa shape index (κ3) is 8.57. The molecule has 0 aliphatic carbocycles. The van der Waals surface area contributed by atoms with E-state index < -0.39 is 22.9 Å². The number of carbonyl (C=O) groups excluding carboxylic acids is 1. The largest absolute Gasteiger partial charge is 0.390 e. The summed E-state index contributed by atoms with van der Waals surface area (Å²) in [7, 11) is -2.95. The summed E-state index contributed by atoms with van der Waals surface area (Å²) >= 11 is 0. The van der Waals surface area contributed by atoms with Crippen molar-refractivity contribution in [2.24, 2.45) is 0 Å². The molecule has 0 spiro atoms. The Morgan fingerprint density at radius 2 is 1.98 bits per heavy atom. The molecule has 2 heterocycles. The highest BCUT2D eigenvalue weighted by Crippen LogP contribution is 2.50. The number of hydrogen-bond donors (Lipinski definition) is 6. The fourth-order valence-corrected chi connectivity index (χ4v) is 6.61. The second-order valence-electron chi connectivity index (χ2n) is 10.3. The average Bonchev–Trinajstić information content (AvgIpc) is 3.40. The highest BCUT2D eigenvalue weighted by molar-refractivity contribution is 8.25. The van der Waals surface area contributed by atoms with Crippen LogP contribution in [-0.4, -0.2) is 67.4 Å². The molecule has 1 amide bonds. The van der Waals surface area contributed by atoms with Gasteiger partial charge in [-0.25, -0.2) is 0 Å². The van der Waals surface area contributed by atoms with Gasteiger partial charge in [0.25, 0.3) is 5.91 Å². The quantitative estimate of drug-likeness (QED) is 0.155. The van der Waals surface area contributed by atoms with Crippen molar-refractivity contribution in [3.8, 4) is 0 Å². The molecule has 0 radical (unpaired) electrons. The SMILES string of the molecule is C=CCn1cc(CNC[C@H](O)[C@H](Cc2ccccc2)NC(=O)c2cc(NCC)cc(N3CCCCS3(O)O)c2)cn1. The lowest BCUT2D eigenvalue weighted by atomic mass is 10.00. The summed E-state index contributed by atoms with van der Waals surface area (Å²) in [4.78, 5) is 13.6. The van der Waals surface area contributed by atoms with E-state index in [0.717, 1.165) is 29.7 Å². The van der Waals surface area contributed by atoms with Crippen molar-refractivity contribution >= 4 is 28.1 Å². The molecule has 2 atom stereocenters. The topological polar surface area (TPSA) is 135 Å². The number of rotatable bonds is 14. The molecule has 0 unspecified atom stereocenters. The Balaban J connectivity index is 1.50. The third-order valence-corrected chi connectivity index (χ3v) is 8.93. The summed E-state index contributed by atoms with van der Waals surface area (Å²) in [6, 6.07) is 14.5. The molecule has 4 rings (SSSR count). The lowest BCUT2D eigenvalue weighted by molar-refractivity contribution is 0.0830. The molecule has 1 aromatic heterocycles. The summed E-state index contributed by atoms with van der Waals surface area (Å²) in [5.41, 5.74) is 3.67. The van der Waals surface area contributed by atoms with E-state index in [2.05, 4.69) is 27.6 Å². The third-order valence-electron chi connectivity index (χ3n) is 7.00. The van der Waals surface area contributed by atoms with E-state index in [1.807, 2.05) is 49.5 Å². The van der Waals surface area contributed by atoms with Crippen LogP contribution in [0.25, 0.3) is 0 Å². The van der Waals surface area contributed by atoms with Crippen LogP contribution in [0.2, 0.25) is 0 Å². The van der Waals surface area contributed by atoms with Crippen LogP contribution in [0.4, 0.5) is 11.4 Å². The zero-order valence-corrected chi connectivity index (χ0v) is 24.4. The summed E-state index contributed by atoms with van der Waals surface area (Å²) in [5.74, 6) is -0.0296. The molecule has 3 aromatic rings. The molecule has 0 bridgehead atoms. The molecule has 11 heteroatoms. The molecule has 1 aliphatic heterocycles. The zero-order valence-electron chi connectivity index (χ0n) is 23.6. The summed E-state index contributed by atoms with van der Waals surface area (Å²) < 4.78 is 24.8. The zero-order chi connectivity index (χ0) is 29.2. The van der Waals surface area contributed by atoms with Gasteiger partial charge >= 0.3 is 0 Å².